The Kier molecular flexibility index (Phi) is 4.01. The fourth-order valence-electron chi connectivity index (χ4n) is 1.07. The van der Waals surface area contributed by atoms with Crippen molar-refractivity contribution in [2.24, 2.45) is 0 Å². The van der Waals surface area contributed by atoms with E-state index < -0.39 is 0 Å². The molecule has 0 heterocycles. The molecule has 0 spiro atoms. The Bertz CT molecular complexity index is 218. The summed E-state index contributed by atoms with van der Waals surface area (Å²) in [5, 5.41) is 0. The van der Waals surface area contributed by atoms with E-state index in [-0.39, 0.29) is 0 Å². The van der Waals surface area contributed by atoms with Crippen LogP contribution in [0.25, 0.3) is 0 Å². The molecule has 2 heteroatoms. The van der Waals surface area contributed by atoms with Crippen LogP contribution in [0.2, 0.25) is 0 Å². The molecule has 1 aromatic carbocycles. The van der Waals surface area contributed by atoms with Gasteiger partial charge >= 0.3 is 0 Å². The van der Waals surface area contributed by atoms with Crippen LogP contribution in [0.4, 0.5) is 0 Å². The summed E-state index contributed by atoms with van der Waals surface area (Å²) in [6, 6.07) is 8.14. The van der Waals surface area contributed by atoms with Gasteiger partial charge < -0.3 is 4.74 Å². The topological polar surface area (TPSA) is 9.23 Å². The maximum atomic E-state index is 5.05. The Morgan fingerprint density at radius 2 is 1.92 bits per heavy atom. The fourth-order valence-corrected chi connectivity index (χ4v) is 1.21. The number of aryl methyl sites for hydroxylation is 1. The van der Waals surface area contributed by atoms with Crippen molar-refractivity contribution in [1.29, 1.82) is 0 Å². The van der Waals surface area contributed by atoms with Gasteiger partial charge in [0.2, 0.25) is 0 Å². The highest BCUT2D eigenvalue weighted by Crippen LogP contribution is 2.12. The highest BCUT2D eigenvalue weighted by Gasteiger charge is 1.93. The smallest absolute Gasteiger partial charge is 0.118 e. The van der Waals surface area contributed by atoms with Crippen molar-refractivity contribution in [1.82, 2.24) is 0 Å². The molecule has 0 aromatic heterocycles. The molecule has 0 N–H and O–H groups in total. The predicted molar refractivity (Wildman–Crippen MR) is 53.8 cm³/mol. The first-order chi connectivity index (χ1) is 5.86. The molecule has 0 bridgehead atoms. The highest BCUT2D eigenvalue weighted by molar-refractivity contribution is 7.80. The first kappa shape index (κ1) is 9.46. The van der Waals surface area contributed by atoms with Crippen molar-refractivity contribution in [2.45, 2.75) is 12.8 Å². The molecule has 65 valence electrons. The lowest BCUT2D eigenvalue weighted by Crippen LogP contribution is -1.87. The van der Waals surface area contributed by atoms with Gasteiger partial charge in [0.25, 0.3) is 0 Å². The van der Waals surface area contributed by atoms with E-state index in [1.165, 1.54) is 5.56 Å². The molecule has 0 aliphatic heterocycles. The van der Waals surface area contributed by atoms with Crippen LogP contribution in [0.1, 0.15) is 12.0 Å². The third-order valence-electron chi connectivity index (χ3n) is 1.77. The van der Waals surface area contributed by atoms with Gasteiger partial charge in [0.1, 0.15) is 5.75 Å². The highest BCUT2D eigenvalue weighted by atomic mass is 32.1. The zero-order valence-electron chi connectivity index (χ0n) is 7.25. The van der Waals surface area contributed by atoms with Crippen LogP contribution in [0, 0.1) is 0 Å². The molecule has 1 aromatic rings. The van der Waals surface area contributed by atoms with Crippen LogP contribution in [0.15, 0.2) is 24.3 Å². The number of hydrogen-bond donors (Lipinski definition) is 0. The van der Waals surface area contributed by atoms with Crippen LogP contribution in [0.3, 0.4) is 0 Å². The van der Waals surface area contributed by atoms with Gasteiger partial charge in [-0.15, -0.1) is 0 Å². The van der Waals surface area contributed by atoms with Gasteiger partial charge in [0.15, 0.2) is 0 Å². The molecule has 0 amide bonds. The molecule has 0 saturated heterocycles. The lowest BCUT2D eigenvalue weighted by molar-refractivity contribution is 0.414. The fraction of sp³-hybridized carbons (Fsp3) is 0.400. The summed E-state index contributed by atoms with van der Waals surface area (Å²) in [6.45, 7) is 0. The first-order valence-corrected chi connectivity index (χ1v) is 4.65. The van der Waals surface area contributed by atoms with E-state index >= 15 is 0 Å². The van der Waals surface area contributed by atoms with Crippen molar-refractivity contribution < 1.29 is 4.74 Å². The van der Waals surface area contributed by atoms with E-state index in [1.807, 2.05) is 12.1 Å². The Morgan fingerprint density at radius 3 is 2.42 bits per heavy atom. The second-order valence-corrected chi connectivity index (χ2v) is 3.06. The van der Waals surface area contributed by atoms with Crippen molar-refractivity contribution in [3.8, 4) is 5.75 Å². The minimum absolute atomic E-state index is 0.839. The summed E-state index contributed by atoms with van der Waals surface area (Å²) in [4.78, 5) is 0. The Balaban J connectivity index is 2.53. The van der Waals surface area contributed by atoms with Crippen molar-refractivity contribution in [3.05, 3.63) is 29.8 Å². The molecular formula is C10H13OS. The lowest BCUT2D eigenvalue weighted by atomic mass is 10.1. The molecule has 0 unspecified atom stereocenters. The molecule has 0 saturated carbocycles. The Hall–Kier alpha value is -0.630. The second kappa shape index (κ2) is 5.09. The molecule has 0 atom stereocenters. The monoisotopic (exact) mass is 181 g/mol. The summed E-state index contributed by atoms with van der Waals surface area (Å²) in [7, 11) is 1.68. The van der Waals surface area contributed by atoms with Gasteiger partial charge in [0, 0.05) is 5.75 Å². The van der Waals surface area contributed by atoms with Gasteiger partial charge in [-0.2, -0.15) is 0 Å². The van der Waals surface area contributed by atoms with Gasteiger partial charge in [-0.25, -0.2) is 0 Å². The zero-order valence-corrected chi connectivity index (χ0v) is 8.06. The molecule has 0 aliphatic carbocycles. The number of methoxy groups -OCH3 is 1. The van der Waals surface area contributed by atoms with Crippen LogP contribution in [0.5, 0.6) is 5.75 Å². The summed E-state index contributed by atoms with van der Waals surface area (Å²) >= 11 is 4.88. The van der Waals surface area contributed by atoms with E-state index in [9.17, 15) is 0 Å². The minimum atomic E-state index is 0.839. The van der Waals surface area contributed by atoms with E-state index in [1.54, 1.807) is 7.11 Å². The molecule has 1 nitrogen and oxygen atoms in total. The van der Waals surface area contributed by atoms with Crippen molar-refractivity contribution >= 4 is 12.6 Å². The first-order valence-electron chi connectivity index (χ1n) is 4.08. The maximum Gasteiger partial charge on any atom is 0.118 e. The average molecular weight is 181 g/mol. The van der Waals surface area contributed by atoms with Gasteiger partial charge in [0.05, 0.1) is 7.11 Å². The van der Waals surface area contributed by atoms with E-state index in [0.29, 0.717) is 0 Å². The van der Waals surface area contributed by atoms with Crippen LogP contribution < -0.4 is 4.74 Å². The molecular weight excluding hydrogens is 168 g/mol. The van der Waals surface area contributed by atoms with Crippen LogP contribution in [-0.2, 0) is 6.42 Å². The molecule has 1 rings (SSSR count). The number of rotatable bonds is 4. The minimum Gasteiger partial charge on any atom is -0.497 e. The zero-order chi connectivity index (χ0) is 8.81. The van der Waals surface area contributed by atoms with Crippen LogP contribution in [-0.4, -0.2) is 12.9 Å². The van der Waals surface area contributed by atoms with E-state index in [4.69, 9.17) is 17.4 Å². The lowest BCUT2D eigenvalue weighted by Gasteiger charge is -2.01. The number of hydrogen-bond acceptors (Lipinski definition) is 1. The molecule has 1 radical (unpaired) electrons. The number of ether oxygens (including phenoxy) is 1. The summed E-state index contributed by atoms with van der Waals surface area (Å²) in [5.74, 6) is 1.75. The van der Waals surface area contributed by atoms with E-state index in [0.717, 1.165) is 24.3 Å². The quantitative estimate of drug-likeness (QED) is 0.694. The largest absolute Gasteiger partial charge is 0.497 e. The van der Waals surface area contributed by atoms with Crippen LogP contribution >= 0.6 is 12.6 Å². The number of benzene rings is 1. The van der Waals surface area contributed by atoms with Crippen molar-refractivity contribution in [2.75, 3.05) is 12.9 Å². The third kappa shape index (κ3) is 2.78. The average Bonchev–Trinajstić information content (AvgIpc) is 2.15. The summed E-state index contributed by atoms with van der Waals surface area (Å²) < 4.78 is 5.05. The molecule has 0 aliphatic rings. The Morgan fingerprint density at radius 1 is 1.25 bits per heavy atom. The summed E-state index contributed by atoms with van der Waals surface area (Å²) in [6.07, 6.45) is 2.16. The standard InChI is InChI=1S/C10H13OS/c1-11-10-6-4-9(5-7-10)3-2-8-12/h4-7H,2-3,8H2,1H3. The Labute approximate surface area is 79.2 Å². The summed E-state index contributed by atoms with van der Waals surface area (Å²) in [5.41, 5.74) is 1.33. The predicted octanol–water partition coefficient (Wildman–Crippen LogP) is 2.83. The van der Waals surface area contributed by atoms with Crippen molar-refractivity contribution in [3.63, 3.8) is 0 Å². The third-order valence-corrected chi connectivity index (χ3v) is 2.06. The molecule has 12 heavy (non-hydrogen) atoms. The van der Waals surface area contributed by atoms with Gasteiger partial charge in [-0.05, 0) is 30.5 Å². The van der Waals surface area contributed by atoms with Gasteiger partial charge in [-0.3, -0.25) is 0 Å². The van der Waals surface area contributed by atoms with Gasteiger partial charge in [-0.1, -0.05) is 24.8 Å². The van der Waals surface area contributed by atoms with E-state index in [2.05, 4.69) is 12.1 Å². The molecule has 0 fully saturated rings. The second-order valence-electron chi connectivity index (χ2n) is 2.66. The SMILES string of the molecule is COc1ccc(CCC[S])cc1. The normalized spacial score (nSPS) is 9.83. The maximum absolute atomic E-state index is 5.05.